The Hall–Kier alpha value is 0.280. The molecule has 4 heteroatoms. The molecule has 0 radical (unpaired) electrons. The molecule has 2 nitrogen and oxygen atoms in total. The molecule has 48 valence electrons. The van der Waals surface area contributed by atoms with Gasteiger partial charge in [0, 0.05) is 0 Å². The molecule has 0 amide bonds. The summed E-state index contributed by atoms with van der Waals surface area (Å²) in [7, 11) is -2.15. The third-order valence-electron chi connectivity index (χ3n) is 0.977. The molecule has 1 aromatic carbocycles. The van der Waals surface area contributed by atoms with Crippen molar-refractivity contribution in [3.8, 4) is 0 Å². The Labute approximate surface area is 83.9 Å². The van der Waals surface area contributed by atoms with Gasteiger partial charge in [-0.1, -0.05) is 18.2 Å². The summed E-state index contributed by atoms with van der Waals surface area (Å²) in [6.45, 7) is 0. The minimum Gasteiger partial charge on any atom is -1.00 e. The molecule has 1 rings (SSSR count). The molecule has 0 spiro atoms. The zero-order valence-electron chi connectivity index (χ0n) is 6.69. The van der Waals surface area contributed by atoms with Gasteiger partial charge >= 0.3 is 37.6 Å². The maximum atomic E-state index is 10.3. The summed E-state index contributed by atoms with van der Waals surface area (Å²) in [5, 5.41) is 0.479. The minimum absolute atomic E-state index is 0. The van der Waals surface area contributed by atoms with Gasteiger partial charge in [0.15, 0.2) is 0 Å². The summed E-state index contributed by atoms with van der Waals surface area (Å²) in [6, 6.07) is 8.53. The maximum Gasteiger partial charge on any atom is 1.00 e. The third-order valence-corrected chi connectivity index (χ3v) is 1.72. The Balaban J connectivity index is 0. The van der Waals surface area contributed by atoms with E-state index < -0.39 is 8.03 Å². The molecule has 0 fully saturated rings. The van der Waals surface area contributed by atoms with Crippen molar-refractivity contribution in [3.63, 3.8) is 0 Å². The number of benzene rings is 1. The Morgan fingerprint density at radius 3 is 2.10 bits per heavy atom. The Morgan fingerprint density at radius 2 is 1.80 bits per heavy atom. The van der Waals surface area contributed by atoms with Gasteiger partial charge in [0.25, 0.3) is 0 Å². The van der Waals surface area contributed by atoms with Crippen LogP contribution in [0.3, 0.4) is 0 Å². The molecular formula is C6H7NaO2P+. The Bertz CT molecular complexity index is 217. The normalized spacial score (nSPS) is 9.90. The Morgan fingerprint density at radius 1 is 1.30 bits per heavy atom. The van der Waals surface area contributed by atoms with Gasteiger partial charge in [-0.3, -0.25) is 0 Å². The van der Waals surface area contributed by atoms with Crippen LogP contribution in [0.1, 0.15) is 1.43 Å². The zero-order chi connectivity index (χ0) is 6.69. The first-order chi connectivity index (χ1) is 4.30. The van der Waals surface area contributed by atoms with Crippen LogP contribution in [0.2, 0.25) is 0 Å². The SMILES string of the molecule is O=[P+](O)c1ccccc1.[H-].[Na+]. The first-order valence-corrected chi connectivity index (χ1v) is 3.73. The van der Waals surface area contributed by atoms with Gasteiger partial charge < -0.3 is 1.43 Å². The van der Waals surface area contributed by atoms with Crippen molar-refractivity contribution in [3.05, 3.63) is 30.3 Å². The van der Waals surface area contributed by atoms with Crippen molar-refractivity contribution in [1.82, 2.24) is 0 Å². The summed E-state index contributed by atoms with van der Waals surface area (Å²) in [5.41, 5.74) is 0. The standard InChI is InChI=1S/C6H5O2P.Na.H/c7-9(8)6-4-2-1-3-5-6;;/h1-5H;;/q;+1;-1/p+1. The van der Waals surface area contributed by atoms with Crippen LogP contribution < -0.4 is 34.9 Å². The maximum absolute atomic E-state index is 10.3. The molecule has 0 aromatic heterocycles. The zero-order valence-corrected chi connectivity index (χ0v) is 8.58. The van der Waals surface area contributed by atoms with Crippen LogP contribution in [0, 0.1) is 0 Å². The minimum atomic E-state index is -2.15. The van der Waals surface area contributed by atoms with E-state index in [9.17, 15) is 4.57 Å². The summed E-state index contributed by atoms with van der Waals surface area (Å²) in [5.74, 6) is 0. The summed E-state index contributed by atoms with van der Waals surface area (Å²) >= 11 is 0. The van der Waals surface area contributed by atoms with Crippen LogP contribution >= 0.6 is 8.03 Å². The molecule has 0 saturated heterocycles. The van der Waals surface area contributed by atoms with Crippen LogP contribution in [0.4, 0.5) is 0 Å². The van der Waals surface area contributed by atoms with E-state index in [1.807, 2.05) is 6.07 Å². The first kappa shape index (κ1) is 10.3. The van der Waals surface area contributed by atoms with Gasteiger partial charge in [-0.2, -0.15) is 4.89 Å². The summed E-state index contributed by atoms with van der Waals surface area (Å²) in [6.07, 6.45) is 0. The van der Waals surface area contributed by atoms with Crippen LogP contribution in [-0.4, -0.2) is 4.89 Å². The van der Waals surface area contributed by atoms with E-state index in [1.165, 1.54) is 0 Å². The molecule has 1 atom stereocenters. The van der Waals surface area contributed by atoms with Crippen molar-refractivity contribution in [2.75, 3.05) is 0 Å². The van der Waals surface area contributed by atoms with Crippen LogP contribution in [0.5, 0.6) is 0 Å². The van der Waals surface area contributed by atoms with E-state index in [2.05, 4.69) is 0 Å². The number of hydrogen-bond donors (Lipinski definition) is 1. The Kier molecular flexibility index (Phi) is 5.14. The largest absolute Gasteiger partial charge is 1.00 e. The van der Waals surface area contributed by atoms with Gasteiger partial charge in [-0.05, 0) is 16.7 Å². The average Bonchev–Trinajstić information content (AvgIpc) is 1.90. The monoisotopic (exact) mass is 165 g/mol. The van der Waals surface area contributed by atoms with Crippen molar-refractivity contribution in [2.24, 2.45) is 0 Å². The molecule has 0 aliphatic carbocycles. The van der Waals surface area contributed by atoms with E-state index in [1.54, 1.807) is 24.3 Å². The topological polar surface area (TPSA) is 37.3 Å². The molecule has 1 unspecified atom stereocenters. The van der Waals surface area contributed by atoms with E-state index >= 15 is 0 Å². The molecule has 0 bridgehead atoms. The summed E-state index contributed by atoms with van der Waals surface area (Å²) < 4.78 is 10.3. The van der Waals surface area contributed by atoms with Crippen LogP contribution in [0.15, 0.2) is 30.3 Å². The fourth-order valence-corrected chi connectivity index (χ4v) is 0.983. The predicted molar refractivity (Wildman–Crippen MR) is 37.0 cm³/mol. The van der Waals surface area contributed by atoms with Gasteiger partial charge in [-0.15, -0.1) is 0 Å². The quantitative estimate of drug-likeness (QED) is 0.392. The molecular weight excluding hydrogens is 158 g/mol. The fraction of sp³-hybridized carbons (Fsp3) is 0. The number of rotatable bonds is 1. The van der Waals surface area contributed by atoms with E-state index in [0.717, 1.165) is 0 Å². The summed E-state index contributed by atoms with van der Waals surface area (Å²) in [4.78, 5) is 8.53. The second-order valence-corrected chi connectivity index (χ2v) is 2.67. The molecule has 0 saturated carbocycles. The van der Waals surface area contributed by atoms with Gasteiger partial charge in [0.1, 0.15) is 0 Å². The molecule has 1 aromatic rings. The van der Waals surface area contributed by atoms with Crippen molar-refractivity contribution < 1.29 is 40.4 Å². The fourth-order valence-electron chi connectivity index (χ4n) is 0.556. The molecule has 0 heterocycles. The van der Waals surface area contributed by atoms with E-state index in [-0.39, 0.29) is 31.0 Å². The average molecular weight is 165 g/mol. The smallest absolute Gasteiger partial charge is 1.00 e. The van der Waals surface area contributed by atoms with Crippen molar-refractivity contribution in [1.29, 1.82) is 0 Å². The molecule has 0 aliphatic heterocycles. The molecule has 0 aliphatic rings. The van der Waals surface area contributed by atoms with E-state index in [0.29, 0.717) is 5.30 Å². The second kappa shape index (κ2) is 5.00. The third kappa shape index (κ3) is 2.91. The molecule has 1 N–H and O–H groups in total. The van der Waals surface area contributed by atoms with Gasteiger partial charge in [0.2, 0.25) is 5.30 Å². The van der Waals surface area contributed by atoms with Crippen molar-refractivity contribution >= 4 is 13.3 Å². The van der Waals surface area contributed by atoms with Crippen LogP contribution in [-0.2, 0) is 4.57 Å². The first-order valence-electron chi connectivity index (χ1n) is 2.52. The molecule has 10 heavy (non-hydrogen) atoms. The van der Waals surface area contributed by atoms with E-state index in [4.69, 9.17) is 4.89 Å². The second-order valence-electron chi connectivity index (χ2n) is 1.61. The van der Waals surface area contributed by atoms with Gasteiger partial charge in [0.05, 0.1) is 0 Å². The predicted octanol–water partition coefficient (Wildman–Crippen LogP) is -1.84. The van der Waals surface area contributed by atoms with Gasteiger partial charge in [-0.25, -0.2) is 0 Å². The van der Waals surface area contributed by atoms with Crippen molar-refractivity contribution in [2.45, 2.75) is 0 Å². The van der Waals surface area contributed by atoms with Crippen LogP contribution in [0.25, 0.3) is 0 Å². The number of hydrogen-bond acceptors (Lipinski definition) is 1.